The number of hydrogen-bond acceptors (Lipinski definition) is 6. The highest BCUT2D eigenvalue weighted by Gasteiger charge is 2.11. The van der Waals surface area contributed by atoms with Gasteiger partial charge in [-0.05, 0) is 90.3 Å². The summed E-state index contributed by atoms with van der Waals surface area (Å²) in [7, 11) is 1.57. The molecule has 4 aromatic rings. The highest BCUT2D eigenvalue weighted by atomic mass is 16.5. The molecule has 0 aromatic heterocycles. The van der Waals surface area contributed by atoms with Gasteiger partial charge in [-0.25, -0.2) is 9.59 Å². The van der Waals surface area contributed by atoms with Gasteiger partial charge in [0, 0.05) is 0 Å². The van der Waals surface area contributed by atoms with Crippen LogP contribution in [0.3, 0.4) is 0 Å². The molecule has 0 atom stereocenters. The molecule has 0 N–H and O–H groups in total. The fourth-order valence-electron chi connectivity index (χ4n) is 4.60. The Morgan fingerprint density at radius 2 is 0.884 bits per heavy atom. The number of hydrogen-bond donors (Lipinski definition) is 0. The lowest BCUT2D eigenvalue weighted by Crippen LogP contribution is -2.08. The number of unbranched alkanes of at least 4 members (excludes halogenated alkanes) is 7. The molecule has 0 spiro atoms. The average molecular weight is 581 g/mol. The first-order chi connectivity index (χ1) is 21.1. The molecule has 0 saturated heterocycles. The largest absolute Gasteiger partial charge is 0.497 e. The van der Waals surface area contributed by atoms with Gasteiger partial charge in [0.1, 0.15) is 23.0 Å². The zero-order valence-corrected chi connectivity index (χ0v) is 25.1. The van der Waals surface area contributed by atoms with Gasteiger partial charge in [0.25, 0.3) is 0 Å². The van der Waals surface area contributed by atoms with Crippen molar-refractivity contribution in [2.45, 2.75) is 58.3 Å². The van der Waals surface area contributed by atoms with Gasteiger partial charge in [0.05, 0.1) is 24.8 Å². The molecule has 0 aliphatic carbocycles. The maximum Gasteiger partial charge on any atom is 0.343 e. The van der Waals surface area contributed by atoms with E-state index in [1.165, 1.54) is 44.9 Å². The summed E-state index contributed by atoms with van der Waals surface area (Å²) in [5.41, 5.74) is 2.77. The Balaban J connectivity index is 1.20. The maximum atomic E-state index is 12.7. The van der Waals surface area contributed by atoms with Gasteiger partial charge < -0.3 is 18.9 Å². The van der Waals surface area contributed by atoms with Gasteiger partial charge in [-0.1, -0.05) is 76.1 Å². The second-order valence-electron chi connectivity index (χ2n) is 10.4. The van der Waals surface area contributed by atoms with Crippen LogP contribution >= 0.6 is 0 Å². The molecule has 0 saturated carbocycles. The Hall–Kier alpha value is -4.58. The summed E-state index contributed by atoms with van der Waals surface area (Å²) < 4.78 is 22.0. The van der Waals surface area contributed by atoms with E-state index in [-0.39, 0.29) is 0 Å². The Morgan fingerprint density at radius 1 is 0.488 bits per heavy atom. The molecule has 0 heterocycles. The second-order valence-corrected chi connectivity index (χ2v) is 10.4. The van der Waals surface area contributed by atoms with Crippen molar-refractivity contribution in [1.29, 1.82) is 0 Å². The minimum atomic E-state index is -0.442. The molecule has 0 radical (unpaired) electrons. The molecule has 0 amide bonds. The second kappa shape index (κ2) is 16.8. The van der Waals surface area contributed by atoms with E-state index >= 15 is 0 Å². The van der Waals surface area contributed by atoms with E-state index in [9.17, 15) is 9.59 Å². The molecule has 0 unspecified atom stereocenters. The molecule has 6 heteroatoms. The van der Waals surface area contributed by atoms with Gasteiger partial charge >= 0.3 is 11.9 Å². The normalized spacial score (nSPS) is 10.7. The summed E-state index contributed by atoms with van der Waals surface area (Å²) >= 11 is 0. The van der Waals surface area contributed by atoms with E-state index in [0.717, 1.165) is 23.3 Å². The first-order valence-corrected chi connectivity index (χ1v) is 15.1. The van der Waals surface area contributed by atoms with E-state index in [2.05, 4.69) is 6.92 Å². The molecule has 4 rings (SSSR count). The van der Waals surface area contributed by atoms with Crippen molar-refractivity contribution in [2.75, 3.05) is 13.7 Å². The van der Waals surface area contributed by atoms with E-state index in [4.69, 9.17) is 18.9 Å². The van der Waals surface area contributed by atoms with Crippen LogP contribution < -0.4 is 18.9 Å². The predicted octanol–water partition coefficient (Wildman–Crippen LogP) is 9.32. The van der Waals surface area contributed by atoms with Crippen LogP contribution in [0.2, 0.25) is 0 Å². The highest BCUT2D eigenvalue weighted by molar-refractivity contribution is 5.92. The maximum absolute atomic E-state index is 12.7. The van der Waals surface area contributed by atoms with Crippen molar-refractivity contribution >= 4 is 11.9 Å². The number of benzene rings is 4. The Kier molecular flexibility index (Phi) is 12.2. The van der Waals surface area contributed by atoms with E-state index in [1.807, 2.05) is 36.4 Å². The Bertz CT molecular complexity index is 1410. The highest BCUT2D eigenvalue weighted by Crippen LogP contribution is 2.26. The van der Waals surface area contributed by atoms with Gasteiger partial charge in [0.2, 0.25) is 0 Å². The van der Waals surface area contributed by atoms with Gasteiger partial charge in [0.15, 0.2) is 0 Å². The van der Waals surface area contributed by atoms with Crippen molar-refractivity contribution in [3.8, 4) is 34.1 Å². The molecule has 224 valence electrons. The number of carbonyl (C=O) groups is 2. The minimum Gasteiger partial charge on any atom is -0.497 e. The van der Waals surface area contributed by atoms with Crippen LogP contribution in [0.1, 0.15) is 79.0 Å². The fraction of sp³-hybridized carbons (Fsp3) is 0.297. The third kappa shape index (κ3) is 10.0. The zero-order valence-electron chi connectivity index (χ0n) is 25.1. The third-order valence-electron chi connectivity index (χ3n) is 7.15. The van der Waals surface area contributed by atoms with Gasteiger partial charge in [-0.2, -0.15) is 0 Å². The molecule has 6 nitrogen and oxygen atoms in total. The number of rotatable bonds is 16. The lowest BCUT2D eigenvalue weighted by atomic mass is 10.1. The summed E-state index contributed by atoms with van der Waals surface area (Å²) in [6.07, 6.45) is 10.1. The van der Waals surface area contributed by atoms with Crippen LogP contribution in [0.5, 0.6) is 23.0 Å². The van der Waals surface area contributed by atoms with E-state index < -0.39 is 11.9 Å². The standard InChI is InChI=1S/C37H40O6/c1-3-4-5-6-7-8-9-10-27-41-33-21-17-31(18-22-33)37(39)43-35-25-13-29(14-26-35)28-11-23-34(24-12-28)42-36(38)30-15-19-32(40-2)20-16-30/h11-26H,3-10,27H2,1-2H3. The topological polar surface area (TPSA) is 71.1 Å². The zero-order chi connectivity index (χ0) is 30.3. The van der Waals surface area contributed by atoms with Crippen molar-refractivity contribution in [3.63, 3.8) is 0 Å². The monoisotopic (exact) mass is 580 g/mol. The van der Waals surface area contributed by atoms with Gasteiger partial charge in [-0.3, -0.25) is 0 Å². The first kappa shape index (κ1) is 31.4. The number of carbonyl (C=O) groups excluding carboxylic acids is 2. The third-order valence-corrected chi connectivity index (χ3v) is 7.15. The SMILES string of the molecule is CCCCCCCCCCOc1ccc(C(=O)Oc2ccc(-c3ccc(OC(=O)c4ccc(OC)cc4)cc3)cc2)cc1. The number of ether oxygens (including phenoxy) is 4. The van der Waals surface area contributed by atoms with Crippen molar-refractivity contribution < 1.29 is 28.5 Å². The van der Waals surface area contributed by atoms with Crippen LogP contribution in [0.15, 0.2) is 97.1 Å². The molecule has 0 aliphatic rings. The molecule has 43 heavy (non-hydrogen) atoms. The molecular weight excluding hydrogens is 540 g/mol. The molecule has 0 bridgehead atoms. The quantitative estimate of drug-likeness (QED) is 0.0747. The minimum absolute atomic E-state index is 0.426. The van der Waals surface area contributed by atoms with E-state index in [1.54, 1.807) is 67.8 Å². The molecular formula is C37H40O6. The van der Waals surface area contributed by atoms with Crippen LogP contribution in [0, 0.1) is 0 Å². The number of esters is 2. The summed E-state index contributed by atoms with van der Waals surface area (Å²) in [6, 6.07) is 28.3. The van der Waals surface area contributed by atoms with Crippen molar-refractivity contribution in [2.24, 2.45) is 0 Å². The fourth-order valence-corrected chi connectivity index (χ4v) is 4.60. The summed E-state index contributed by atoms with van der Waals surface area (Å²) in [6.45, 7) is 2.92. The summed E-state index contributed by atoms with van der Waals surface area (Å²) in [4.78, 5) is 25.1. The molecule has 4 aromatic carbocycles. The number of methoxy groups -OCH3 is 1. The van der Waals surface area contributed by atoms with Crippen LogP contribution in [-0.2, 0) is 0 Å². The van der Waals surface area contributed by atoms with Gasteiger partial charge in [-0.15, -0.1) is 0 Å². The predicted molar refractivity (Wildman–Crippen MR) is 169 cm³/mol. The van der Waals surface area contributed by atoms with Crippen LogP contribution in [0.25, 0.3) is 11.1 Å². The van der Waals surface area contributed by atoms with Crippen LogP contribution in [0.4, 0.5) is 0 Å². The lowest BCUT2D eigenvalue weighted by molar-refractivity contribution is 0.0725. The smallest absolute Gasteiger partial charge is 0.343 e. The Morgan fingerprint density at radius 3 is 1.33 bits per heavy atom. The molecule has 0 fully saturated rings. The van der Waals surface area contributed by atoms with Crippen LogP contribution in [-0.4, -0.2) is 25.7 Å². The van der Waals surface area contributed by atoms with Crippen molar-refractivity contribution in [3.05, 3.63) is 108 Å². The summed E-state index contributed by atoms with van der Waals surface area (Å²) in [5.74, 6) is 1.46. The molecule has 0 aliphatic heterocycles. The Labute approximate surface area is 254 Å². The summed E-state index contributed by atoms with van der Waals surface area (Å²) in [5, 5.41) is 0. The average Bonchev–Trinajstić information content (AvgIpc) is 3.05. The van der Waals surface area contributed by atoms with E-state index in [0.29, 0.717) is 35.0 Å². The first-order valence-electron chi connectivity index (χ1n) is 15.1. The lowest BCUT2D eigenvalue weighted by Gasteiger charge is -2.09. The van der Waals surface area contributed by atoms with Crippen molar-refractivity contribution in [1.82, 2.24) is 0 Å².